The smallest absolute Gasteiger partial charge is 0.255 e. The van der Waals surface area contributed by atoms with Crippen molar-refractivity contribution in [1.29, 1.82) is 0 Å². The number of nitrogens with one attached hydrogen (secondary N) is 2. The van der Waals surface area contributed by atoms with Crippen LogP contribution >= 0.6 is 11.6 Å². The molecule has 0 spiro atoms. The third-order valence-electron chi connectivity index (χ3n) is 3.49. The maximum atomic E-state index is 12.9. The number of anilines is 1. The van der Waals surface area contributed by atoms with Crippen molar-refractivity contribution >= 4 is 29.1 Å². The SMILES string of the molecule is O=C(Nc1ccc(Cl)c(C(=O)NC2CC2)c1)c1ccc(F)cc1. The molecule has 118 valence electrons. The van der Waals surface area contributed by atoms with Gasteiger partial charge in [0.1, 0.15) is 5.82 Å². The van der Waals surface area contributed by atoms with Gasteiger partial charge in [0.25, 0.3) is 11.8 Å². The van der Waals surface area contributed by atoms with E-state index in [1.807, 2.05) is 0 Å². The van der Waals surface area contributed by atoms with E-state index in [0.717, 1.165) is 12.8 Å². The molecule has 23 heavy (non-hydrogen) atoms. The van der Waals surface area contributed by atoms with Crippen molar-refractivity contribution < 1.29 is 14.0 Å². The minimum Gasteiger partial charge on any atom is -0.349 e. The van der Waals surface area contributed by atoms with Crippen molar-refractivity contribution in [1.82, 2.24) is 5.32 Å². The van der Waals surface area contributed by atoms with E-state index in [0.29, 0.717) is 21.8 Å². The Morgan fingerprint density at radius 2 is 1.74 bits per heavy atom. The molecule has 1 aliphatic carbocycles. The lowest BCUT2D eigenvalue weighted by molar-refractivity contribution is 0.0949. The molecule has 0 aliphatic heterocycles. The Bertz CT molecular complexity index is 758. The first kappa shape index (κ1) is 15.5. The van der Waals surface area contributed by atoms with Crippen molar-refractivity contribution in [3.63, 3.8) is 0 Å². The first-order valence-corrected chi connectivity index (χ1v) is 7.58. The molecule has 1 saturated carbocycles. The van der Waals surface area contributed by atoms with Crippen LogP contribution in [-0.4, -0.2) is 17.9 Å². The molecule has 2 aromatic carbocycles. The van der Waals surface area contributed by atoms with E-state index in [1.165, 1.54) is 30.3 Å². The van der Waals surface area contributed by atoms with Gasteiger partial charge in [0.2, 0.25) is 0 Å². The highest BCUT2D eigenvalue weighted by molar-refractivity contribution is 6.34. The number of halogens is 2. The lowest BCUT2D eigenvalue weighted by Crippen LogP contribution is -2.25. The average molecular weight is 333 g/mol. The van der Waals surface area contributed by atoms with Crippen LogP contribution in [0.5, 0.6) is 0 Å². The molecule has 0 unspecified atom stereocenters. The highest BCUT2D eigenvalue weighted by atomic mass is 35.5. The molecule has 0 heterocycles. The Morgan fingerprint density at radius 3 is 2.39 bits per heavy atom. The van der Waals surface area contributed by atoms with Crippen LogP contribution in [0.2, 0.25) is 5.02 Å². The maximum absolute atomic E-state index is 12.9. The zero-order chi connectivity index (χ0) is 16.4. The van der Waals surface area contributed by atoms with Gasteiger partial charge in [0, 0.05) is 17.3 Å². The van der Waals surface area contributed by atoms with Gasteiger partial charge in [-0.05, 0) is 55.3 Å². The predicted octanol–water partition coefficient (Wildman–Crippen LogP) is 3.62. The van der Waals surface area contributed by atoms with Crippen LogP contribution < -0.4 is 10.6 Å². The fourth-order valence-corrected chi connectivity index (χ4v) is 2.28. The Balaban J connectivity index is 1.75. The van der Waals surface area contributed by atoms with Gasteiger partial charge in [-0.25, -0.2) is 4.39 Å². The van der Waals surface area contributed by atoms with E-state index in [1.54, 1.807) is 12.1 Å². The first-order chi connectivity index (χ1) is 11.0. The maximum Gasteiger partial charge on any atom is 0.255 e. The molecular formula is C17H14ClFN2O2. The molecule has 3 rings (SSSR count). The third kappa shape index (κ3) is 3.87. The summed E-state index contributed by atoms with van der Waals surface area (Å²) in [5.41, 5.74) is 1.09. The Hall–Kier alpha value is -2.40. The molecule has 0 aromatic heterocycles. The van der Waals surface area contributed by atoms with Crippen LogP contribution in [0.4, 0.5) is 10.1 Å². The van der Waals surface area contributed by atoms with Crippen LogP contribution in [0.15, 0.2) is 42.5 Å². The number of hydrogen-bond acceptors (Lipinski definition) is 2. The fraction of sp³-hybridized carbons (Fsp3) is 0.176. The van der Waals surface area contributed by atoms with E-state index >= 15 is 0 Å². The summed E-state index contributed by atoms with van der Waals surface area (Å²) in [5, 5.41) is 5.84. The Morgan fingerprint density at radius 1 is 1.04 bits per heavy atom. The summed E-state index contributed by atoms with van der Waals surface area (Å²) in [5.74, 6) is -1.05. The third-order valence-corrected chi connectivity index (χ3v) is 3.82. The van der Waals surface area contributed by atoms with Crippen LogP contribution in [0.3, 0.4) is 0 Å². The van der Waals surface area contributed by atoms with Crippen LogP contribution in [-0.2, 0) is 0 Å². The number of carbonyl (C=O) groups is 2. The van der Waals surface area contributed by atoms with Crippen molar-refractivity contribution in [2.75, 3.05) is 5.32 Å². The number of amides is 2. The van der Waals surface area contributed by atoms with Crippen molar-refractivity contribution in [3.05, 3.63) is 64.4 Å². The lowest BCUT2D eigenvalue weighted by Gasteiger charge is -2.09. The molecule has 2 aromatic rings. The van der Waals surface area contributed by atoms with E-state index < -0.39 is 5.82 Å². The van der Waals surface area contributed by atoms with Crippen LogP contribution in [0.25, 0.3) is 0 Å². The van der Waals surface area contributed by atoms with Crippen molar-refractivity contribution in [2.45, 2.75) is 18.9 Å². The van der Waals surface area contributed by atoms with Gasteiger partial charge >= 0.3 is 0 Å². The number of hydrogen-bond donors (Lipinski definition) is 2. The number of benzene rings is 2. The van der Waals surface area contributed by atoms with E-state index in [9.17, 15) is 14.0 Å². The molecule has 0 saturated heterocycles. The molecule has 0 bridgehead atoms. The fourth-order valence-electron chi connectivity index (χ4n) is 2.07. The Labute approximate surface area is 137 Å². The summed E-state index contributed by atoms with van der Waals surface area (Å²) in [4.78, 5) is 24.2. The molecule has 0 atom stereocenters. The van der Waals surface area contributed by atoms with Gasteiger partial charge < -0.3 is 10.6 Å². The first-order valence-electron chi connectivity index (χ1n) is 7.20. The monoisotopic (exact) mass is 332 g/mol. The molecule has 4 nitrogen and oxygen atoms in total. The van der Waals surface area contributed by atoms with E-state index in [4.69, 9.17) is 11.6 Å². The van der Waals surface area contributed by atoms with Crippen LogP contribution in [0.1, 0.15) is 33.6 Å². The van der Waals surface area contributed by atoms with Crippen molar-refractivity contribution in [3.8, 4) is 0 Å². The number of carbonyl (C=O) groups excluding carboxylic acids is 2. The minimum atomic E-state index is -0.410. The largest absolute Gasteiger partial charge is 0.349 e. The van der Waals surface area contributed by atoms with Gasteiger partial charge in [-0.1, -0.05) is 11.6 Å². The van der Waals surface area contributed by atoms with Gasteiger partial charge in [0.05, 0.1) is 10.6 Å². The molecule has 2 N–H and O–H groups in total. The van der Waals surface area contributed by atoms with Crippen LogP contribution in [0, 0.1) is 5.82 Å². The molecule has 6 heteroatoms. The topological polar surface area (TPSA) is 58.2 Å². The summed E-state index contributed by atoms with van der Waals surface area (Å²) < 4.78 is 12.9. The zero-order valence-corrected chi connectivity index (χ0v) is 12.9. The van der Waals surface area contributed by atoms with Gasteiger partial charge in [0.15, 0.2) is 0 Å². The average Bonchev–Trinajstić information content (AvgIpc) is 3.33. The molecule has 1 aliphatic rings. The molecule has 0 radical (unpaired) electrons. The molecule has 1 fully saturated rings. The van der Waals surface area contributed by atoms with Gasteiger partial charge in [-0.15, -0.1) is 0 Å². The Kier molecular flexibility index (Phi) is 4.30. The quantitative estimate of drug-likeness (QED) is 0.898. The van der Waals surface area contributed by atoms with E-state index in [-0.39, 0.29) is 17.9 Å². The number of rotatable bonds is 4. The summed E-state index contributed by atoms with van der Waals surface area (Å²) in [6, 6.07) is 10.1. The summed E-state index contributed by atoms with van der Waals surface area (Å²) in [6.07, 6.45) is 1.95. The summed E-state index contributed by atoms with van der Waals surface area (Å²) in [6.45, 7) is 0. The summed E-state index contributed by atoms with van der Waals surface area (Å²) in [7, 11) is 0. The zero-order valence-electron chi connectivity index (χ0n) is 12.1. The second-order valence-corrected chi connectivity index (χ2v) is 5.81. The molecule has 2 amide bonds. The van der Waals surface area contributed by atoms with Gasteiger partial charge in [-0.2, -0.15) is 0 Å². The standard InChI is InChI=1S/C17H14ClFN2O2/c18-15-8-7-13(9-14(15)17(23)20-12-5-6-12)21-16(22)10-1-3-11(19)4-2-10/h1-4,7-9,12H,5-6H2,(H,20,23)(H,21,22). The molecular weight excluding hydrogens is 319 g/mol. The summed E-state index contributed by atoms with van der Waals surface area (Å²) >= 11 is 6.05. The van der Waals surface area contributed by atoms with E-state index in [2.05, 4.69) is 10.6 Å². The second kappa shape index (κ2) is 6.38. The predicted molar refractivity (Wildman–Crippen MR) is 86.3 cm³/mol. The second-order valence-electron chi connectivity index (χ2n) is 5.40. The highest BCUT2D eigenvalue weighted by Crippen LogP contribution is 2.24. The van der Waals surface area contributed by atoms with Gasteiger partial charge in [-0.3, -0.25) is 9.59 Å². The highest BCUT2D eigenvalue weighted by Gasteiger charge is 2.24. The normalized spacial score (nSPS) is 13.5. The lowest BCUT2D eigenvalue weighted by atomic mass is 10.1. The van der Waals surface area contributed by atoms with Crippen molar-refractivity contribution in [2.24, 2.45) is 0 Å². The minimum absolute atomic E-state index is 0.219.